The summed E-state index contributed by atoms with van der Waals surface area (Å²) in [6.07, 6.45) is -2.71. The van der Waals surface area contributed by atoms with Crippen LogP contribution in [0.15, 0.2) is 11.1 Å². The Hall–Kier alpha value is -2.84. The minimum atomic E-state index is -1.33. The topological polar surface area (TPSA) is 179 Å². The number of hydrogen-bond acceptors (Lipinski definition) is 10. The number of carbonyl (C=O) groups excluding carboxylic acids is 1. The summed E-state index contributed by atoms with van der Waals surface area (Å²) < 4.78 is 14.7. The van der Waals surface area contributed by atoms with Gasteiger partial charge < -0.3 is 30.5 Å². The molecule has 32 heavy (non-hydrogen) atoms. The molecule has 1 aliphatic rings. The molecule has 1 saturated heterocycles. The molecule has 0 spiro atoms. The lowest BCUT2D eigenvalue weighted by Gasteiger charge is -2.18. The normalized spacial score (nSPS) is 24.5. The number of methoxy groups -OCH3 is 1. The first-order chi connectivity index (χ1) is 15.2. The fraction of sp³-hybridized carbons (Fsp3) is 0.579. The van der Waals surface area contributed by atoms with E-state index in [4.69, 9.17) is 10.5 Å². The highest BCUT2D eigenvalue weighted by molar-refractivity contribution is 5.75. The summed E-state index contributed by atoms with van der Waals surface area (Å²) in [6, 6.07) is -0.830. The lowest BCUT2D eigenvalue weighted by atomic mass is 10.1. The number of aryl methyl sites for hydroxylation is 3. The van der Waals surface area contributed by atoms with Gasteiger partial charge in [-0.05, 0) is 19.8 Å². The van der Waals surface area contributed by atoms with Gasteiger partial charge in [-0.3, -0.25) is 18.7 Å². The van der Waals surface area contributed by atoms with Gasteiger partial charge in [0.15, 0.2) is 17.4 Å². The molecule has 1 aliphatic heterocycles. The number of aliphatic hydroxyl groups is 3. The third kappa shape index (κ3) is 3.29. The summed E-state index contributed by atoms with van der Waals surface area (Å²) in [6.45, 7) is 1.28. The molecule has 174 valence electrons. The van der Waals surface area contributed by atoms with Gasteiger partial charge in [-0.25, -0.2) is 14.4 Å². The Balaban J connectivity index is 1.81. The number of fused-ring (bicyclic) bond motifs is 2. The standard InChI is InChI=1S/C19H26N6O7/c1-8-10(5-4-9(20)18(30)31-3)25-16(29)12-15(23(2)19(25)22-8)24(7-21-12)17-14(28)13(27)11(6-26)32-17/h7,9,11,13-14,17,26-28H,4-6,20H2,1-3H3/t9?,11-,13-,14-,17-/m1/s1. The summed E-state index contributed by atoms with van der Waals surface area (Å²) in [5.41, 5.74) is 7.05. The highest BCUT2D eigenvalue weighted by Gasteiger charge is 2.44. The Morgan fingerprint density at radius 1 is 1.38 bits per heavy atom. The first-order valence-electron chi connectivity index (χ1n) is 10.1. The van der Waals surface area contributed by atoms with Crippen molar-refractivity contribution in [1.82, 2.24) is 23.5 Å². The number of hydrogen-bond donors (Lipinski definition) is 4. The summed E-state index contributed by atoms with van der Waals surface area (Å²) in [5.74, 6) is -0.209. The molecule has 1 fully saturated rings. The van der Waals surface area contributed by atoms with E-state index >= 15 is 0 Å². The molecule has 5 atom stereocenters. The van der Waals surface area contributed by atoms with E-state index < -0.39 is 48.7 Å². The molecule has 3 aromatic rings. The van der Waals surface area contributed by atoms with E-state index in [0.717, 1.165) is 0 Å². The molecule has 3 aromatic heterocycles. The van der Waals surface area contributed by atoms with Crippen molar-refractivity contribution in [2.75, 3.05) is 13.7 Å². The molecule has 0 aliphatic carbocycles. The third-order valence-electron chi connectivity index (χ3n) is 5.93. The van der Waals surface area contributed by atoms with Crippen molar-refractivity contribution in [3.63, 3.8) is 0 Å². The molecule has 0 saturated carbocycles. The van der Waals surface area contributed by atoms with Crippen LogP contribution in [-0.4, -0.2) is 82.9 Å². The number of esters is 1. The second kappa shape index (κ2) is 8.26. The van der Waals surface area contributed by atoms with Crippen LogP contribution in [0.25, 0.3) is 16.9 Å². The molecule has 4 heterocycles. The molecule has 0 bridgehead atoms. The number of ether oxygens (including phenoxy) is 2. The van der Waals surface area contributed by atoms with E-state index in [1.165, 1.54) is 22.4 Å². The molecular weight excluding hydrogens is 424 g/mol. The number of aromatic nitrogens is 5. The van der Waals surface area contributed by atoms with Gasteiger partial charge in [0.05, 0.1) is 31.4 Å². The number of imidazole rings is 2. The molecule has 0 radical (unpaired) electrons. The molecule has 5 N–H and O–H groups in total. The zero-order valence-corrected chi connectivity index (χ0v) is 17.9. The molecular formula is C19H26N6O7. The van der Waals surface area contributed by atoms with Gasteiger partial charge in [0.1, 0.15) is 24.4 Å². The van der Waals surface area contributed by atoms with Crippen LogP contribution < -0.4 is 11.3 Å². The van der Waals surface area contributed by atoms with Crippen molar-refractivity contribution in [2.45, 2.75) is 50.3 Å². The maximum Gasteiger partial charge on any atom is 0.322 e. The Kier molecular flexibility index (Phi) is 5.77. The van der Waals surface area contributed by atoms with Crippen LogP contribution in [0, 0.1) is 6.92 Å². The molecule has 4 rings (SSSR count). The number of carbonyl (C=O) groups is 1. The third-order valence-corrected chi connectivity index (χ3v) is 5.93. The van der Waals surface area contributed by atoms with Gasteiger partial charge >= 0.3 is 5.97 Å². The smallest absolute Gasteiger partial charge is 0.322 e. The quantitative estimate of drug-likeness (QED) is 0.299. The average molecular weight is 450 g/mol. The van der Waals surface area contributed by atoms with Gasteiger partial charge in [-0.2, -0.15) is 0 Å². The van der Waals surface area contributed by atoms with Crippen molar-refractivity contribution in [1.29, 1.82) is 0 Å². The van der Waals surface area contributed by atoms with Crippen molar-refractivity contribution in [2.24, 2.45) is 12.8 Å². The van der Waals surface area contributed by atoms with Crippen molar-refractivity contribution in [3.8, 4) is 0 Å². The van der Waals surface area contributed by atoms with Gasteiger partial charge in [-0.1, -0.05) is 0 Å². The monoisotopic (exact) mass is 450 g/mol. The van der Waals surface area contributed by atoms with Crippen LogP contribution in [0.4, 0.5) is 0 Å². The minimum absolute atomic E-state index is 0.105. The lowest BCUT2D eigenvalue weighted by molar-refractivity contribution is -0.142. The fourth-order valence-electron chi connectivity index (χ4n) is 4.17. The number of nitrogens with two attached hydrogens (primary N) is 1. The predicted molar refractivity (Wildman–Crippen MR) is 110 cm³/mol. The fourth-order valence-corrected chi connectivity index (χ4v) is 4.17. The second-order valence-corrected chi connectivity index (χ2v) is 7.86. The summed E-state index contributed by atoms with van der Waals surface area (Å²) in [4.78, 5) is 33.7. The van der Waals surface area contributed by atoms with Gasteiger partial charge in [0, 0.05) is 7.05 Å². The van der Waals surface area contributed by atoms with E-state index in [0.29, 0.717) is 29.2 Å². The summed E-state index contributed by atoms with van der Waals surface area (Å²) in [5, 5.41) is 29.9. The zero-order chi connectivity index (χ0) is 23.3. The maximum atomic E-state index is 13.3. The Morgan fingerprint density at radius 2 is 2.09 bits per heavy atom. The average Bonchev–Trinajstić information content (AvgIpc) is 3.44. The minimum Gasteiger partial charge on any atom is -0.468 e. The second-order valence-electron chi connectivity index (χ2n) is 7.86. The molecule has 13 nitrogen and oxygen atoms in total. The Bertz CT molecular complexity index is 1230. The number of rotatable bonds is 6. The molecule has 0 aromatic carbocycles. The highest BCUT2D eigenvalue weighted by atomic mass is 16.6. The summed E-state index contributed by atoms with van der Waals surface area (Å²) >= 11 is 0. The molecule has 13 heteroatoms. The van der Waals surface area contributed by atoms with E-state index in [-0.39, 0.29) is 11.9 Å². The SMILES string of the molecule is COC(=O)C(N)CCc1c(C)nc2n(C)c3c(ncn3[C@@H]3O[C@H](CO)[C@@H](O)[C@H]3O)c(=O)n12. The first-order valence-corrected chi connectivity index (χ1v) is 10.1. The lowest BCUT2D eigenvalue weighted by Crippen LogP contribution is -2.33. The van der Waals surface area contributed by atoms with Crippen molar-refractivity contribution >= 4 is 22.9 Å². The molecule has 1 unspecified atom stereocenters. The highest BCUT2D eigenvalue weighted by Crippen LogP contribution is 2.31. The van der Waals surface area contributed by atoms with Gasteiger partial charge in [0.2, 0.25) is 5.78 Å². The van der Waals surface area contributed by atoms with Crippen LogP contribution >= 0.6 is 0 Å². The van der Waals surface area contributed by atoms with Crippen LogP contribution in [0.3, 0.4) is 0 Å². The van der Waals surface area contributed by atoms with Crippen LogP contribution in [0.5, 0.6) is 0 Å². The number of nitrogens with zero attached hydrogens (tertiary/aromatic N) is 5. The Morgan fingerprint density at radius 3 is 2.72 bits per heavy atom. The maximum absolute atomic E-state index is 13.3. The summed E-state index contributed by atoms with van der Waals surface area (Å²) in [7, 11) is 2.95. The van der Waals surface area contributed by atoms with Crippen molar-refractivity contribution in [3.05, 3.63) is 28.1 Å². The van der Waals surface area contributed by atoms with Crippen molar-refractivity contribution < 1.29 is 29.6 Å². The van der Waals surface area contributed by atoms with Crippen LogP contribution in [-0.2, 0) is 27.7 Å². The van der Waals surface area contributed by atoms with E-state index in [9.17, 15) is 24.9 Å². The first kappa shape index (κ1) is 22.4. The van der Waals surface area contributed by atoms with E-state index in [1.54, 1.807) is 18.5 Å². The number of aliphatic hydroxyl groups excluding tert-OH is 3. The molecule has 0 amide bonds. The van der Waals surface area contributed by atoms with E-state index in [1.807, 2.05) is 0 Å². The predicted octanol–water partition coefficient (Wildman–Crippen LogP) is -2.26. The zero-order valence-electron chi connectivity index (χ0n) is 17.9. The van der Waals surface area contributed by atoms with Gasteiger partial charge in [-0.15, -0.1) is 0 Å². The van der Waals surface area contributed by atoms with Crippen LogP contribution in [0.2, 0.25) is 0 Å². The van der Waals surface area contributed by atoms with E-state index in [2.05, 4.69) is 14.7 Å². The Labute approximate surface area is 181 Å². The van der Waals surface area contributed by atoms with Gasteiger partial charge in [0.25, 0.3) is 5.56 Å². The largest absolute Gasteiger partial charge is 0.468 e. The van der Waals surface area contributed by atoms with Crippen LogP contribution in [0.1, 0.15) is 24.0 Å².